The van der Waals surface area contributed by atoms with Crippen molar-refractivity contribution in [3.05, 3.63) is 123 Å². The lowest BCUT2D eigenvalue weighted by molar-refractivity contribution is -0.127. The highest BCUT2D eigenvalue weighted by molar-refractivity contribution is 9.10. The quantitative estimate of drug-likeness (QED) is 0.163. The summed E-state index contributed by atoms with van der Waals surface area (Å²) in [5, 5.41) is 12.2. The second-order valence-electron chi connectivity index (χ2n) is 13.3. The van der Waals surface area contributed by atoms with Gasteiger partial charge < -0.3 is 14.6 Å². The van der Waals surface area contributed by atoms with Crippen LogP contribution in [0, 0.1) is 23.7 Å². The molecular weight excluding hydrogens is 736 g/mol. The third kappa shape index (κ3) is 4.79. The SMILES string of the molecule is COc1cc(O)c([C@H]2C3=CC[C@@H]4C(=O)N(c5ccc(Br)cc5)C(=O)[C@@H]4[C@@H]3C[C@H]3C(=O)N(c4cccc(Cl)c4)C(=O)[C@@]23c2ccccc2)c(OC)c1. The van der Waals surface area contributed by atoms with Crippen molar-refractivity contribution >= 4 is 62.5 Å². The van der Waals surface area contributed by atoms with E-state index in [-0.39, 0.29) is 41.7 Å². The molecule has 51 heavy (non-hydrogen) atoms. The number of aromatic hydroxyl groups is 1. The standard InChI is InChI=1S/C40H32BrClN2O7/c1-50-26-18-31(45)34(32(19-26)51-2)35-27-15-16-28-33(38(48)43(36(28)46)24-13-11-22(41)12-14-24)29(27)20-30-37(47)44(25-10-6-9-23(42)17-25)39(49)40(30,35)21-7-4-3-5-8-21/h3-15,17-19,28-30,33,35,45H,16,20H2,1-2H3/t28-,29+,30-,33-,35+,40+/m0/s1. The fourth-order valence-electron chi connectivity index (χ4n) is 9.07. The first-order valence-corrected chi connectivity index (χ1v) is 17.8. The van der Waals surface area contributed by atoms with Gasteiger partial charge in [0.25, 0.3) is 0 Å². The molecule has 11 heteroatoms. The number of phenolic OH excluding ortho intramolecular Hbond substituents is 1. The van der Waals surface area contributed by atoms with Crippen molar-refractivity contribution in [2.75, 3.05) is 24.0 Å². The van der Waals surface area contributed by atoms with Crippen LogP contribution in [0.15, 0.2) is 107 Å². The average molecular weight is 768 g/mol. The number of hydrogen-bond acceptors (Lipinski definition) is 7. The summed E-state index contributed by atoms with van der Waals surface area (Å²) in [6.07, 6.45) is 2.29. The van der Waals surface area contributed by atoms with E-state index in [0.717, 1.165) is 4.47 Å². The molecule has 0 spiro atoms. The minimum absolute atomic E-state index is 0.118. The summed E-state index contributed by atoms with van der Waals surface area (Å²) in [6, 6.07) is 25.8. The zero-order valence-electron chi connectivity index (χ0n) is 27.6. The molecule has 1 saturated carbocycles. The molecule has 9 nitrogen and oxygen atoms in total. The van der Waals surface area contributed by atoms with Gasteiger partial charge in [-0.25, -0.2) is 4.90 Å². The Hall–Kier alpha value is -4.93. The number of nitrogens with zero attached hydrogens (tertiary/aromatic N) is 2. The van der Waals surface area contributed by atoms with Gasteiger partial charge in [0.2, 0.25) is 23.6 Å². The molecule has 6 atom stereocenters. The predicted octanol–water partition coefficient (Wildman–Crippen LogP) is 7.19. The van der Waals surface area contributed by atoms with Crippen molar-refractivity contribution in [2.45, 2.75) is 24.2 Å². The summed E-state index contributed by atoms with van der Waals surface area (Å²) in [5.41, 5.74) is 0.762. The molecule has 4 aromatic carbocycles. The van der Waals surface area contributed by atoms with Crippen LogP contribution in [0.3, 0.4) is 0 Å². The van der Waals surface area contributed by atoms with Crippen LogP contribution in [0.1, 0.15) is 29.9 Å². The van der Waals surface area contributed by atoms with Gasteiger partial charge in [-0.05, 0) is 66.8 Å². The molecule has 4 aliphatic rings. The Labute approximate surface area is 307 Å². The Kier molecular flexibility index (Phi) is 8.07. The molecule has 4 amide bonds. The Morgan fingerprint density at radius 1 is 0.804 bits per heavy atom. The van der Waals surface area contributed by atoms with Gasteiger partial charge >= 0.3 is 0 Å². The lowest BCUT2D eigenvalue weighted by Gasteiger charge is -2.51. The fraction of sp³-hybridized carbons (Fsp3) is 0.250. The van der Waals surface area contributed by atoms with Crippen molar-refractivity contribution in [3.63, 3.8) is 0 Å². The number of fused-ring (bicyclic) bond motifs is 4. The van der Waals surface area contributed by atoms with Crippen LogP contribution in [0.4, 0.5) is 11.4 Å². The third-order valence-electron chi connectivity index (χ3n) is 11.1. The Morgan fingerprint density at radius 2 is 1.55 bits per heavy atom. The van der Waals surface area contributed by atoms with Crippen LogP contribution in [0.25, 0.3) is 0 Å². The number of imide groups is 2. The zero-order valence-corrected chi connectivity index (χ0v) is 29.9. The van der Waals surface area contributed by atoms with E-state index in [9.17, 15) is 19.5 Å². The largest absolute Gasteiger partial charge is 0.507 e. The van der Waals surface area contributed by atoms with Gasteiger partial charge in [-0.3, -0.25) is 24.1 Å². The van der Waals surface area contributed by atoms with Crippen molar-refractivity contribution in [2.24, 2.45) is 23.7 Å². The van der Waals surface area contributed by atoms with Crippen LogP contribution < -0.4 is 19.3 Å². The van der Waals surface area contributed by atoms with Crippen LogP contribution in [-0.2, 0) is 24.6 Å². The number of rotatable bonds is 6. The maximum Gasteiger partial charge on any atom is 0.246 e. The van der Waals surface area contributed by atoms with E-state index in [1.807, 2.05) is 36.4 Å². The first-order valence-electron chi connectivity index (χ1n) is 16.6. The molecule has 258 valence electrons. The maximum atomic E-state index is 15.4. The molecule has 8 rings (SSSR count). The van der Waals surface area contributed by atoms with E-state index in [2.05, 4.69) is 15.9 Å². The smallest absolute Gasteiger partial charge is 0.246 e. The summed E-state index contributed by atoms with van der Waals surface area (Å²) in [7, 11) is 2.93. The lowest BCUT2D eigenvalue weighted by Crippen LogP contribution is -2.53. The van der Waals surface area contributed by atoms with E-state index >= 15 is 4.79 Å². The van der Waals surface area contributed by atoms with Gasteiger partial charge in [0.05, 0.1) is 48.8 Å². The number of methoxy groups -OCH3 is 2. The van der Waals surface area contributed by atoms with Crippen molar-refractivity contribution in [1.82, 2.24) is 0 Å². The average Bonchev–Trinajstić information content (AvgIpc) is 3.53. The van der Waals surface area contributed by atoms with E-state index in [4.69, 9.17) is 21.1 Å². The van der Waals surface area contributed by atoms with Gasteiger partial charge in [-0.2, -0.15) is 0 Å². The van der Waals surface area contributed by atoms with Gasteiger partial charge in [0.1, 0.15) is 17.2 Å². The molecule has 0 bridgehead atoms. The molecule has 2 aliphatic carbocycles. The molecule has 4 aromatic rings. The second-order valence-corrected chi connectivity index (χ2v) is 14.7. The number of halogens is 2. The molecule has 0 unspecified atom stereocenters. The molecule has 0 aromatic heterocycles. The number of anilines is 2. The number of benzene rings is 4. The highest BCUT2D eigenvalue weighted by Gasteiger charge is 2.71. The predicted molar refractivity (Wildman–Crippen MR) is 194 cm³/mol. The number of phenols is 1. The monoisotopic (exact) mass is 766 g/mol. The highest BCUT2D eigenvalue weighted by Crippen LogP contribution is 2.66. The summed E-state index contributed by atoms with van der Waals surface area (Å²) in [6.45, 7) is 0. The van der Waals surface area contributed by atoms with Crippen LogP contribution in [0.5, 0.6) is 17.2 Å². The lowest BCUT2D eigenvalue weighted by atomic mass is 9.49. The van der Waals surface area contributed by atoms with Crippen LogP contribution in [0.2, 0.25) is 5.02 Å². The van der Waals surface area contributed by atoms with E-state index in [0.29, 0.717) is 33.3 Å². The number of carbonyl (C=O) groups excluding carboxylic acids is 4. The Bertz CT molecular complexity index is 2160. The normalized spacial score (nSPS) is 26.8. The summed E-state index contributed by atoms with van der Waals surface area (Å²) in [4.78, 5) is 61.4. The number of allylic oxidation sites excluding steroid dienone is 2. The van der Waals surface area contributed by atoms with Crippen molar-refractivity contribution < 1.29 is 33.8 Å². The van der Waals surface area contributed by atoms with E-state index < -0.39 is 46.8 Å². The molecule has 2 heterocycles. The third-order valence-corrected chi connectivity index (χ3v) is 11.9. The molecular formula is C40H32BrClN2O7. The van der Waals surface area contributed by atoms with Crippen LogP contribution >= 0.6 is 27.5 Å². The van der Waals surface area contributed by atoms with E-state index in [1.165, 1.54) is 30.1 Å². The number of hydrogen-bond donors (Lipinski definition) is 1. The number of carbonyl (C=O) groups is 4. The van der Waals surface area contributed by atoms with Gasteiger partial charge in [-0.15, -0.1) is 0 Å². The summed E-state index contributed by atoms with van der Waals surface area (Å²) < 4.78 is 12.2. The summed E-state index contributed by atoms with van der Waals surface area (Å²) >= 11 is 9.83. The molecule has 2 saturated heterocycles. The Balaban J connectivity index is 1.39. The first kappa shape index (κ1) is 33.2. The zero-order chi connectivity index (χ0) is 35.8. The van der Waals surface area contributed by atoms with Gasteiger partial charge in [-0.1, -0.05) is 75.6 Å². The van der Waals surface area contributed by atoms with Crippen molar-refractivity contribution in [1.29, 1.82) is 0 Å². The second kappa shape index (κ2) is 12.4. The fourth-order valence-corrected chi connectivity index (χ4v) is 9.52. The topological polar surface area (TPSA) is 113 Å². The van der Waals surface area contributed by atoms with Crippen LogP contribution in [-0.4, -0.2) is 43.0 Å². The number of ether oxygens (including phenoxy) is 2. The Morgan fingerprint density at radius 3 is 2.24 bits per heavy atom. The maximum absolute atomic E-state index is 15.4. The van der Waals surface area contributed by atoms with Gasteiger partial charge in [0.15, 0.2) is 0 Å². The first-order chi connectivity index (χ1) is 24.6. The summed E-state index contributed by atoms with van der Waals surface area (Å²) in [5.74, 6) is -5.26. The molecule has 1 N–H and O–H groups in total. The molecule has 0 radical (unpaired) electrons. The number of amides is 4. The molecule has 3 fully saturated rings. The molecule has 2 aliphatic heterocycles. The van der Waals surface area contributed by atoms with Crippen molar-refractivity contribution in [3.8, 4) is 17.2 Å². The minimum Gasteiger partial charge on any atom is -0.507 e. The van der Waals surface area contributed by atoms with Gasteiger partial charge in [0, 0.05) is 33.1 Å². The highest BCUT2D eigenvalue weighted by atomic mass is 79.9. The van der Waals surface area contributed by atoms with E-state index in [1.54, 1.807) is 54.6 Å². The minimum atomic E-state index is -1.58.